The van der Waals surface area contributed by atoms with Crippen LogP contribution in [0.15, 0.2) is 6.07 Å². The molecule has 1 saturated heterocycles. The zero-order valence-corrected chi connectivity index (χ0v) is 23.7. The van der Waals surface area contributed by atoms with Gasteiger partial charge in [-0.3, -0.25) is 4.79 Å². The summed E-state index contributed by atoms with van der Waals surface area (Å²) in [5.41, 5.74) is 3.28. The fourth-order valence-electron chi connectivity index (χ4n) is 4.30. The molecule has 1 aliphatic carbocycles. The summed E-state index contributed by atoms with van der Waals surface area (Å²) in [5.74, 6) is -3.00. The molecule has 3 heterocycles. The topological polar surface area (TPSA) is 123 Å². The fourth-order valence-corrected chi connectivity index (χ4v) is 4.30. The second-order valence-corrected chi connectivity index (χ2v) is 10.9. The minimum absolute atomic E-state index is 0.173. The van der Waals surface area contributed by atoms with E-state index < -0.39 is 24.3 Å². The molecular weight excluding hydrogens is 574 g/mol. The lowest BCUT2D eigenvalue weighted by Gasteiger charge is -2.20. The average molecular weight is 613 g/mol. The maximum absolute atomic E-state index is 13.2. The third kappa shape index (κ3) is 12.0. The third-order valence-electron chi connectivity index (χ3n) is 6.94. The average Bonchev–Trinajstić information content (AvgIpc) is 3.61. The van der Waals surface area contributed by atoms with Gasteiger partial charge >= 0.3 is 24.3 Å². The normalized spacial score (nSPS) is 17.3. The van der Waals surface area contributed by atoms with E-state index in [0.29, 0.717) is 0 Å². The summed E-state index contributed by atoms with van der Waals surface area (Å²) in [4.78, 5) is 40.6. The van der Waals surface area contributed by atoms with E-state index in [1.54, 1.807) is 0 Å². The number of alkyl halides is 6. The minimum atomic E-state index is -5.08. The minimum Gasteiger partial charge on any atom is -0.475 e. The monoisotopic (exact) mass is 612 g/mol. The Hall–Kier alpha value is -3.10. The molecule has 3 N–H and O–H groups in total. The van der Waals surface area contributed by atoms with Crippen LogP contribution in [-0.4, -0.2) is 94.5 Å². The van der Waals surface area contributed by atoms with Crippen molar-refractivity contribution < 1.29 is 50.9 Å². The smallest absolute Gasteiger partial charge is 0.475 e. The Morgan fingerprint density at radius 1 is 0.952 bits per heavy atom. The van der Waals surface area contributed by atoms with Crippen LogP contribution in [0.4, 0.5) is 32.2 Å². The van der Waals surface area contributed by atoms with Crippen molar-refractivity contribution in [3.8, 4) is 0 Å². The number of halogens is 6. The largest absolute Gasteiger partial charge is 0.490 e. The van der Waals surface area contributed by atoms with E-state index >= 15 is 0 Å². The number of carbonyl (C=O) groups excluding carboxylic acids is 1. The molecule has 2 aliphatic heterocycles. The molecule has 0 atom stereocenters. The Kier molecular flexibility index (Phi) is 12.9. The van der Waals surface area contributed by atoms with Crippen molar-refractivity contribution in [2.24, 2.45) is 11.8 Å². The SMILES string of the molecule is CC(C)CCN1CCc2cc(C(=O)N3CCCC3)c(NCC3CC3)nc2CC1.O=C(O)C(F)(F)F.O=C(O)C(F)(F)F. The second kappa shape index (κ2) is 15.4. The van der Waals surface area contributed by atoms with Crippen LogP contribution in [0.1, 0.15) is 67.6 Å². The standard InChI is InChI=1S/C23H36N4O.2C2HF3O2/c1-17(2)7-12-26-13-8-19-15-20(23(28)27-10-3-4-11-27)22(24-16-18-5-6-18)25-21(19)9-14-26;2*3-2(4,5)1(6)7/h15,17-18H,3-14,16H2,1-2H3,(H,24,25);2*(H,6,7). The van der Waals surface area contributed by atoms with Crippen molar-refractivity contribution in [2.45, 2.75) is 71.1 Å². The Morgan fingerprint density at radius 3 is 1.95 bits per heavy atom. The molecule has 1 aromatic rings. The summed E-state index contributed by atoms with van der Waals surface area (Å²) in [6.07, 6.45) is -2.07. The number of carboxylic acids is 2. The fraction of sp³-hybridized carbons (Fsp3) is 0.704. The number of carbonyl (C=O) groups is 3. The van der Waals surface area contributed by atoms with E-state index in [2.05, 4.69) is 30.1 Å². The van der Waals surface area contributed by atoms with Crippen LogP contribution in [0.2, 0.25) is 0 Å². The van der Waals surface area contributed by atoms with Gasteiger partial charge in [-0.1, -0.05) is 13.8 Å². The number of likely N-dealkylation sites (tertiary alicyclic amines) is 1. The molecule has 238 valence electrons. The first-order valence-electron chi connectivity index (χ1n) is 13.9. The number of anilines is 1. The molecular formula is C27H38F6N4O5. The Morgan fingerprint density at radius 2 is 1.48 bits per heavy atom. The molecule has 1 saturated carbocycles. The van der Waals surface area contributed by atoms with Gasteiger partial charge in [-0.25, -0.2) is 14.6 Å². The summed E-state index contributed by atoms with van der Waals surface area (Å²) >= 11 is 0. The molecule has 1 amide bonds. The molecule has 4 rings (SSSR count). The summed E-state index contributed by atoms with van der Waals surface area (Å²) in [6, 6.07) is 2.17. The van der Waals surface area contributed by atoms with Crippen LogP contribution in [0.3, 0.4) is 0 Å². The Balaban J connectivity index is 0.000000367. The molecule has 3 aliphatic rings. The van der Waals surface area contributed by atoms with Gasteiger partial charge in [0.1, 0.15) is 5.82 Å². The number of pyridine rings is 1. The van der Waals surface area contributed by atoms with Gasteiger partial charge < -0.3 is 25.3 Å². The van der Waals surface area contributed by atoms with E-state index in [9.17, 15) is 31.1 Å². The first kappa shape index (κ1) is 35.1. The zero-order valence-electron chi connectivity index (χ0n) is 23.7. The van der Waals surface area contributed by atoms with E-state index in [0.717, 1.165) is 88.2 Å². The summed E-state index contributed by atoms with van der Waals surface area (Å²) in [6.45, 7) is 10.6. The van der Waals surface area contributed by atoms with Crippen molar-refractivity contribution in [3.63, 3.8) is 0 Å². The lowest BCUT2D eigenvalue weighted by atomic mass is 10.0. The van der Waals surface area contributed by atoms with Gasteiger partial charge in [0.15, 0.2) is 0 Å². The van der Waals surface area contributed by atoms with Gasteiger partial charge in [0.2, 0.25) is 0 Å². The summed E-state index contributed by atoms with van der Waals surface area (Å²) < 4.78 is 63.5. The van der Waals surface area contributed by atoms with E-state index in [1.165, 1.54) is 30.5 Å². The van der Waals surface area contributed by atoms with Crippen molar-refractivity contribution in [1.29, 1.82) is 0 Å². The first-order chi connectivity index (χ1) is 19.5. The van der Waals surface area contributed by atoms with Crippen molar-refractivity contribution in [3.05, 3.63) is 22.9 Å². The number of nitrogens with one attached hydrogen (secondary N) is 1. The molecule has 0 unspecified atom stereocenters. The maximum Gasteiger partial charge on any atom is 0.490 e. The lowest BCUT2D eigenvalue weighted by Crippen LogP contribution is -2.29. The predicted molar refractivity (Wildman–Crippen MR) is 141 cm³/mol. The quantitative estimate of drug-likeness (QED) is 0.374. The number of nitrogens with zero attached hydrogens (tertiary/aromatic N) is 3. The highest BCUT2D eigenvalue weighted by Crippen LogP contribution is 2.30. The van der Waals surface area contributed by atoms with Crippen molar-refractivity contribution in [1.82, 2.24) is 14.8 Å². The van der Waals surface area contributed by atoms with Crippen LogP contribution in [-0.2, 0) is 22.4 Å². The van der Waals surface area contributed by atoms with Crippen LogP contribution >= 0.6 is 0 Å². The molecule has 0 spiro atoms. The number of rotatable bonds is 7. The van der Waals surface area contributed by atoms with E-state index in [-0.39, 0.29) is 5.91 Å². The van der Waals surface area contributed by atoms with Gasteiger partial charge in [0.05, 0.1) is 5.56 Å². The number of aromatic nitrogens is 1. The highest BCUT2D eigenvalue weighted by molar-refractivity contribution is 5.99. The van der Waals surface area contributed by atoms with Gasteiger partial charge in [0, 0.05) is 44.8 Å². The first-order valence-corrected chi connectivity index (χ1v) is 13.9. The molecule has 42 heavy (non-hydrogen) atoms. The number of aliphatic carboxylic acids is 2. The highest BCUT2D eigenvalue weighted by atomic mass is 19.4. The predicted octanol–water partition coefficient (Wildman–Crippen LogP) is 4.85. The highest BCUT2D eigenvalue weighted by Gasteiger charge is 2.39. The Bertz CT molecular complexity index is 1050. The summed E-state index contributed by atoms with van der Waals surface area (Å²) in [7, 11) is 0. The number of hydrogen-bond acceptors (Lipinski definition) is 6. The molecule has 0 radical (unpaired) electrons. The van der Waals surface area contributed by atoms with Crippen LogP contribution in [0.25, 0.3) is 0 Å². The third-order valence-corrected chi connectivity index (χ3v) is 6.94. The lowest BCUT2D eigenvalue weighted by molar-refractivity contribution is -0.193. The molecule has 0 aromatic carbocycles. The maximum atomic E-state index is 13.2. The van der Waals surface area contributed by atoms with Crippen molar-refractivity contribution >= 4 is 23.7 Å². The second-order valence-electron chi connectivity index (χ2n) is 10.9. The Labute approximate surface area is 240 Å². The van der Waals surface area contributed by atoms with Crippen LogP contribution in [0.5, 0.6) is 0 Å². The van der Waals surface area contributed by atoms with Crippen LogP contribution < -0.4 is 5.32 Å². The zero-order chi connectivity index (χ0) is 31.7. The number of amides is 1. The van der Waals surface area contributed by atoms with Gasteiger partial charge in [0.25, 0.3) is 5.91 Å². The molecule has 9 nitrogen and oxygen atoms in total. The molecule has 1 aromatic heterocycles. The van der Waals surface area contributed by atoms with Gasteiger partial charge in [-0.2, -0.15) is 26.3 Å². The number of fused-ring (bicyclic) bond motifs is 1. The number of hydrogen-bond donors (Lipinski definition) is 3. The van der Waals surface area contributed by atoms with Gasteiger partial charge in [-0.15, -0.1) is 0 Å². The molecule has 2 fully saturated rings. The van der Waals surface area contributed by atoms with Crippen molar-refractivity contribution in [2.75, 3.05) is 44.6 Å². The van der Waals surface area contributed by atoms with Gasteiger partial charge in [-0.05, 0) is 68.5 Å². The summed E-state index contributed by atoms with van der Waals surface area (Å²) in [5, 5.41) is 17.8. The molecule has 15 heteroatoms. The molecule has 0 bridgehead atoms. The van der Waals surface area contributed by atoms with E-state index in [1.807, 2.05) is 4.90 Å². The number of carboxylic acid groups (broad SMARTS) is 2. The van der Waals surface area contributed by atoms with E-state index in [4.69, 9.17) is 24.8 Å². The van der Waals surface area contributed by atoms with Crippen LogP contribution in [0, 0.1) is 11.8 Å².